The van der Waals surface area contributed by atoms with Gasteiger partial charge >= 0.3 is 0 Å². The summed E-state index contributed by atoms with van der Waals surface area (Å²) in [7, 11) is 0. The molecule has 6 nitrogen and oxygen atoms in total. The van der Waals surface area contributed by atoms with E-state index in [4.69, 9.17) is 19.3 Å². The van der Waals surface area contributed by atoms with Crippen LogP contribution in [0.2, 0.25) is 0 Å². The predicted octanol–water partition coefficient (Wildman–Crippen LogP) is -1.18. The zero-order valence-corrected chi connectivity index (χ0v) is 9.31. The van der Waals surface area contributed by atoms with Gasteiger partial charge in [0.25, 0.3) is 0 Å². The molecular formula is C10H18O6. The van der Waals surface area contributed by atoms with Crippen LogP contribution in [0.4, 0.5) is 0 Å². The highest BCUT2D eigenvalue weighted by molar-refractivity contribution is 4.94. The molecule has 6 atom stereocenters. The fourth-order valence-corrected chi connectivity index (χ4v) is 1.97. The Balaban J connectivity index is 1.98. The number of hydrogen-bond donors (Lipinski definition) is 3. The van der Waals surface area contributed by atoms with E-state index in [2.05, 4.69) is 0 Å². The number of hydrogen-bond acceptors (Lipinski definition) is 6. The first kappa shape index (κ1) is 12.2. The minimum Gasteiger partial charge on any atom is -0.394 e. The standard InChI is InChI=1S/C10H18O6/c1-4(2)9-15-8-6(13)7(5(12)3-11)14-10(8)16-9/h4-13H,3H2,1-2H3/t5?,6?,7-,8?,9?,10-/m1/s1. The van der Waals surface area contributed by atoms with Gasteiger partial charge in [-0.05, 0) is 0 Å². The van der Waals surface area contributed by atoms with Gasteiger partial charge in [0.05, 0.1) is 6.61 Å². The van der Waals surface area contributed by atoms with Crippen LogP contribution in [0.25, 0.3) is 0 Å². The SMILES string of the molecule is CC(C)C1OC2C(O)[C@@H](C(O)CO)O[C@@H]2O1. The van der Waals surface area contributed by atoms with E-state index in [1.54, 1.807) is 0 Å². The lowest BCUT2D eigenvalue weighted by Crippen LogP contribution is -2.41. The number of aliphatic hydroxyl groups excluding tert-OH is 3. The molecule has 0 radical (unpaired) electrons. The summed E-state index contributed by atoms with van der Waals surface area (Å²) in [4.78, 5) is 0. The molecule has 2 aliphatic heterocycles. The molecule has 2 heterocycles. The van der Waals surface area contributed by atoms with E-state index in [-0.39, 0.29) is 5.92 Å². The third kappa shape index (κ3) is 1.97. The number of fused-ring (bicyclic) bond motifs is 1. The maximum atomic E-state index is 9.86. The van der Waals surface area contributed by atoms with Gasteiger partial charge in [-0.1, -0.05) is 13.8 Å². The first-order valence-electron chi connectivity index (χ1n) is 5.48. The molecule has 16 heavy (non-hydrogen) atoms. The van der Waals surface area contributed by atoms with E-state index >= 15 is 0 Å². The van der Waals surface area contributed by atoms with E-state index in [0.717, 1.165) is 0 Å². The van der Waals surface area contributed by atoms with Crippen molar-refractivity contribution in [3.63, 3.8) is 0 Å². The van der Waals surface area contributed by atoms with Crippen LogP contribution >= 0.6 is 0 Å². The number of ether oxygens (including phenoxy) is 3. The topological polar surface area (TPSA) is 88.4 Å². The lowest BCUT2D eigenvalue weighted by molar-refractivity contribution is -0.200. The fourth-order valence-electron chi connectivity index (χ4n) is 1.97. The normalized spacial score (nSPS) is 45.0. The molecule has 6 heteroatoms. The summed E-state index contributed by atoms with van der Waals surface area (Å²) in [6, 6.07) is 0. The second-order valence-electron chi connectivity index (χ2n) is 4.56. The van der Waals surface area contributed by atoms with Crippen LogP contribution in [-0.2, 0) is 14.2 Å². The molecule has 0 aromatic rings. The van der Waals surface area contributed by atoms with Gasteiger partial charge in [-0.2, -0.15) is 0 Å². The van der Waals surface area contributed by atoms with Crippen molar-refractivity contribution in [1.82, 2.24) is 0 Å². The van der Waals surface area contributed by atoms with E-state index in [1.807, 2.05) is 13.8 Å². The summed E-state index contributed by atoms with van der Waals surface area (Å²) < 4.78 is 16.3. The fraction of sp³-hybridized carbons (Fsp3) is 1.00. The quantitative estimate of drug-likeness (QED) is 0.570. The minimum atomic E-state index is -1.12. The summed E-state index contributed by atoms with van der Waals surface area (Å²) in [5, 5.41) is 28.1. The van der Waals surface area contributed by atoms with Crippen molar-refractivity contribution in [2.45, 2.75) is 50.8 Å². The van der Waals surface area contributed by atoms with Gasteiger partial charge in [0, 0.05) is 5.92 Å². The Morgan fingerprint density at radius 3 is 2.38 bits per heavy atom. The summed E-state index contributed by atoms with van der Waals surface area (Å²) >= 11 is 0. The second-order valence-corrected chi connectivity index (χ2v) is 4.56. The Morgan fingerprint density at radius 2 is 1.88 bits per heavy atom. The van der Waals surface area contributed by atoms with Crippen LogP contribution < -0.4 is 0 Å². The Bertz CT molecular complexity index is 245. The van der Waals surface area contributed by atoms with Crippen LogP contribution in [0.15, 0.2) is 0 Å². The molecule has 0 spiro atoms. The molecule has 2 aliphatic rings. The molecule has 2 rings (SSSR count). The molecule has 0 aromatic heterocycles. The van der Waals surface area contributed by atoms with Gasteiger partial charge in [0.2, 0.25) is 0 Å². The highest BCUT2D eigenvalue weighted by atomic mass is 16.8. The summed E-state index contributed by atoms with van der Waals surface area (Å²) in [6.45, 7) is 3.42. The highest BCUT2D eigenvalue weighted by Crippen LogP contribution is 2.35. The molecule has 0 saturated carbocycles. The summed E-state index contributed by atoms with van der Waals surface area (Å²) in [5.74, 6) is 0.169. The van der Waals surface area contributed by atoms with Crippen LogP contribution in [0.1, 0.15) is 13.8 Å². The van der Waals surface area contributed by atoms with Gasteiger partial charge in [-0.25, -0.2) is 0 Å². The van der Waals surface area contributed by atoms with Crippen LogP contribution in [0, 0.1) is 5.92 Å². The van der Waals surface area contributed by atoms with Crippen molar-refractivity contribution in [1.29, 1.82) is 0 Å². The zero-order chi connectivity index (χ0) is 11.9. The second kappa shape index (κ2) is 4.56. The zero-order valence-electron chi connectivity index (χ0n) is 9.31. The van der Waals surface area contributed by atoms with E-state index in [1.165, 1.54) is 0 Å². The van der Waals surface area contributed by atoms with Gasteiger partial charge < -0.3 is 29.5 Å². The third-order valence-corrected chi connectivity index (χ3v) is 2.90. The Labute approximate surface area is 93.7 Å². The first-order chi connectivity index (χ1) is 7.54. The lowest BCUT2D eigenvalue weighted by Gasteiger charge is -2.23. The summed E-state index contributed by atoms with van der Waals surface area (Å²) in [6.07, 6.45) is -4.58. The first-order valence-corrected chi connectivity index (χ1v) is 5.48. The third-order valence-electron chi connectivity index (χ3n) is 2.90. The van der Waals surface area contributed by atoms with Crippen LogP contribution in [-0.4, -0.2) is 58.9 Å². The van der Waals surface area contributed by atoms with Crippen molar-refractivity contribution in [2.75, 3.05) is 6.61 Å². The summed E-state index contributed by atoms with van der Waals surface area (Å²) in [5.41, 5.74) is 0. The minimum absolute atomic E-state index is 0.169. The molecule has 2 saturated heterocycles. The van der Waals surface area contributed by atoms with Crippen LogP contribution in [0.5, 0.6) is 0 Å². The Kier molecular flexibility index (Phi) is 3.48. The van der Waals surface area contributed by atoms with E-state index in [0.29, 0.717) is 0 Å². The maximum absolute atomic E-state index is 9.86. The van der Waals surface area contributed by atoms with Gasteiger partial charge in [0.1, 0.15) is 24.4 Å². The molecule has 2 fully saturated rings. The van der Waals surface area contributed by atoms with E-state index in [9.17, 15) is 10.2 Å². The average Bonchev–Trinajstić information content (AvgIpc) is 2.78. The van der Waals surface area contributed by atoms with Crippen molar-refractivity contribution >= 4 is 0 Å². The monoisotopic (exact) mass is 234 g/mol. The number of aliphatic hydroxyl groups is 3. The molecular weight excluding hydrogens is 216 g/mol. The van der Waals surface area contributed by atoms with Crippen LogP contribution in [0.3, 0.4) is 0 Å². The molecule has 4 unspecified atom stereocenters. The van der Waals surface area contributed by atoms with Gasteiger partial charge in [0.15, 0.2) is 12.6 Å². The van der Waals surface area contributed by atoms with Gasteiger partial charge in [-0.3, -0.25) is 0 Å². The molecule has 0 amide bonds. The highest BCUT2D eigenvalue weighted by Gasteiger charge is 2.53. The smallest absolute Gasteiger partial charge is 0.190 e. The van der Waals surface area contributed by atoms with Crippen molar-refractivity contribution < 1.29 is 29.5 Å². The molecule has 94 valence electrons. The molecule has 0 bridgehead atoms. The molecule has 0 aromatic carbocycles. The van der Waals surface area contributed by atoms with Crippen molar-refractivity contribution in [2.24, 2.45) is 5.92 Å². The van der Waals surface area contributed by atoms with Crippen molar-refractivity contribution in [3.8, 4) is 0 Å². The molecule has 0 aliphatic carbocycles. The predicted molar refractivity (Wildman–Crippen MR) is 52.3 cm³/mol. The lowest BCUT2D eigenvalue weighted by atomic mass is 10.1. The van der Waals surface area contributed by atoms with Crippen molar-refractivity contribution in [3.05, 3.63) is 0 Å². The molecule has 3 N–H and O–H groups in total. The Morgan fingerprint density at radius 1 is 1.19 bits per heavy atom. The largest absolute Gasteiger partial charge is 0.394 e. The Hall–Kier alpha value is -0.240. The van der Waals surface area contributed by atoms with E-state index < -0.39 is 43.6 Å². The maximum Gasteiger partial charge on any atom is 0.190 e. The average molecular weight is 234 g/mol. The number of rotatable bonds is 3. The van der Waals surface area contributed by atoms with Gasteiger partial charge in [-0.15, -0.1) is 0 Å².